The molecule has 43 heavy (non-hydrogen) atoms. The Morgan fingerprint density at radius 2 is 0.977 bits per heavy atom. The highest BCUT2D eigenvalue weighted by atomic mass is 16.5. The van der Waals surface area contributed by atoms with E-state index in [9.17, 15) is 9.59 Å². The lowest BCUT2D eigenvalue weighted by Crippen LogP contribution is -2.14. The Bertz CT molecular complexity index is 1680. The maximum atomic E-state index is 12.7. The third kappa shape index (κ3) is 6.68. The summed E-state index contributed by atoms with van der Waals surface area (Å²) in [7, 11) is 0. The van der Waals surface area contributed by atoms with E-state index in [1.165, 1.54) is 12.1 Å². The summed E-state index contributed by atoms with van der Waals surface area (Å²) in [5.74, 6) is -0.851. The van der Waals surface area contributed by atoms with Crippen molar-refractivity contribution in [2.24, 2.45) is 11.5 Å². The first kappa shape index (κ1) is 28.6. The quantitative estimate of drug-likeness (QED) is 0.0919. The summed E-state index contributed by atoms with van der Waals surface area (Å²) in [6.45, 7) is 0.223. The topological polar surface area (TPSA) is 165 Å². The van der Waals surface area contributed by atoms with Crippen LogP contribution in [-0.2, 0) is 22.7 Å². The van der Waals surface area contributed by atoms with Crippen LogP contribution in [-0.4, -0.2) is 23.6 Å². The number of rotatable bonds is 10. The third-order valence-electron chi connectivity index (χ3n) is 6.65. The molecule has 0 spiro atoms. The zero-order valence-electron chi connectivity index (χ0n) is 23.0. The molecule has 5 aromatic rings. The van der Waals surface area contributed by atoms with E-state index in [4.69, 9.17) is 36.2 Å². The number of hydrogen-bond donors (Lipinski definition) is 4. The fourth-order valence-corrected chi connectivity index (χ4v) is 4.46. The van der Waals surface area contributed by atoms with E-state index >= 15 is 0 Å². The van der Waals surface area contributed by atoms with Crippen LogP contribution in [0, 0.1) is 10.8 Å². The molecule has 0 atom stereocenters. The predicted octanol–water partition coefficient (Wildman–Crippen LogP) is 5.90. The highest BCUT2D eigenvalue weighted by Crippen LogP contribution is 2.33. The molecule has 1 heterocycles. The Morgan fingerprint density at radius 3 is 1.35 bits per heavy atom. The van der Waals surface area contributed by atoms with E-state index in [1.807, 2.05) is 60.7 Å². The van der Waals surface area contributed by atoms with Crippen molar-refractivity contribution in [1.82, 2.24) is 0 Å². The van der Waals surface area contributed by atoms with Gasteiger partial charge in [0.1, 0.15) is 36.4 Å². The van der Waals surface area contributed by atoms with Crippen molar-refractivity contribution in [3.8, 4) is 22.6 Å². The van der Waals surface area contributed by atoms with Gasteiger partial charge in [0.25, 0.3) is 0 Å². The van der Waals surface area contributed by atoms with Crippen molar-refractivity contribution in [2.75, 3.05) is 0 Å². The maximum absolute atomic E-state index is 12.7. The molecule has 0 bridgehead atoms. The van der Waals surface area contributed by atoms with Crippen LogP contribution in [0.4, 0.5) is 0 Å². The van der Waals surface area contributed by atoms with Crippen LogP contribution in [0.1, 0.15) is 43.0 Å². The molecule has 0 fully saturated rings. The Morgan fingerprint density at radius 1 is 0.581 bits per heavy atom. The van der Waals surface area contributed by atoms with Crippen LogP contribution in [0.5, 0.6) is 0 Å². The van der Waals surface area contributed by atoms with Crippen molar-refractivity contribution in [3.05, 3.63) is 143 Å². The van der Waals surface area contributed by atoms with Gasteiger partial charge in [0, 0.05) is 22.3 Å². The van der Waals surface area contributed by atoms with Gasteiger partial charge in [-0.1, -0.05) is 60.7 Å². The molecule has 0 aliphatic carbocycles. The minimum absolute atomic E-state index is 0.112. The molecule has 0 aliphatic rings. The van der Waals surface area contributed by atoms with Gasteiger partial charge in [-0.2, -0.15) is 0 Å². The standard InChI is InChI=1S/C34H28N4O5/c35-31(36)27-17-23(33(39)41-19-21-7-3-1-4-8-21)11-13-25(27)29-15-16-30(43-29)26-14-12-24(18-28(26)32(37)38)34(40)42-20-22-9-5-2-6-10-22/h1-18H,19-20H2,(H3,35,36)(H3,37,38). The molecule has 9 nitrogen and oxygen atoms in total. The molecule has 5 rings (SSSR count). The average molecular weight is 573 g/mol. The number of nitrogens with one attached hydrogen (secondary N) is 2. The highest BCUT2D eigenvalue weighted by molar-refractivity contribution is 6.05. The molecule has 1 aromatic heterocycles. The van der Waals surface area contributed by atoms with Gasteiger partial charge in [-0.15, -0.1) is 0 Å². The first-order valence-corrected chi connectivity index (χ1v) is 13.3. The summed E-state index contributed by atoms with van der Waals surface area (Å²) in [4.78, 5) is 25.4. The number of ether oxygens (including phenoxy) is 2. The van der Waals surface area contributed by atoms with E-state index in [0.717, 1.165) is 11.1 Å². The number of furan rings is 1. The van der Waals surface area contributed by atoms with Crippen LogP contribution in [0.25, 0.3) is 22.6 Å². The highest BCUT2D eigenvalue weighted by Gasteiger charge is 2.19. The van der Waals surface area contributed by atoms with Gasteiger partial charge < -0.3 is 25.4 Å². The summed E-state index contributed by atoms with van der Waals surface area (Å²) >= 11 is 0. The van der Waals surface area contributed by atoms with Crippen LogP contribution >= 0.6 is 0 Å². The monoisotopic (exact) mass is 572 g/mol. The van der Waals surface area contributed by atoms with Gasteiger partial charge in [0.05, 0.1) is 11.1 Å². The van der Waals surface area contributed by atoms with Crippen LogP contribution in [0.3, 0.4) is 0 Å². The number of esters is 2. The van der Waals surface area contributed by atoms with Gasteiger partial charge in [-0.3, -0.25) is 10.8 Å². The Hall–Kier alpha value is -5.96. The molecule has 0 saturated heterocycles. The second-order valence-electron chi connectivity index (χ2n) is 9.64. The second kappa shape index (κ2) is 12.7. The normalized spacial score (nSPS) is 10.6. The lowest BCUT2D eigenvalue weighted by atomic mass is 10.0. The van der Waals surface area contributed by atoms with Crippen molar-refractivity contribution < 1.29 is 23.5 Å². The maximum Gasteiger partial charge on any atom is 0.338 e. The molecular weight excluding hydrogens is 544 g/mol. The first-order chi connectivity index (χ1) is 20.8. The lowest BCUT2D eigenvalue weighted by Gasteiger charge is -2.11. The molecule has 0 amide bonds. The molecule has 0 saturated carbocycles. The van der Waals surface area contributed by atoms with E-state index in [-0.39, 0.29) is 36.0 Å². The van der Waals surface area contributed by atoms with Gasteiger partial charge in [0.15, 0.2) is 0 Å². The fraction of sp³-hybridized carbons (Fsp3) is 0.0588. The van der Waals surface area contributed by atoms with Crippen molar-refractivity contribution in [3.63, 3.8) is 0 Å². The first-order valence-electron chi connectivity index (χ1n) is 13.3. The summed E-state index contributed by atoms with van der Waals surface area (Å²) in [6, 6.07) is 31.4. The molecule has 9 heteroatoms. The van der Waals surface area contributed by atoms with Gasteiger partial charge >= 0.3 is 11.9 Å². The summed E-state index contributed by atoms with van der Waals surface area (Å²) in [5, 5.41) is 16.2. The zero-order chi connectivity index (χ0) is 30.3. The van der Waals surface area contributed by atoms with E-state index in [1.54, 1.807) is 36.4 Å². The number of hydrogen-bond acceptors (Lipinski definition) is 7. The number of carbonyl (C=O) groups excluding carboxylic acids is 2. The number of benzene rings is 4. The second-order valence-corrected chi connectivity index (χ2v) is 9.64. The molecular formula is C34H28N4O5. The number of nitrogens with two attached hydrogens (primary N) is 2. The SMILES string of the molecule is N=C(N)c1cc(C(=O)OCc2ccccc2)ccc1-c1ccc(-c2ccc(C(=O)OCc3ccccc3)cc2C(=N)N)o1. The minimum Gasteiger partial charge on any atom is -0.457 e. The Balaban J connectivity index is 1.37. The van der Waals surface area contributed by atoms with Crippen molar-refractivity contribution in [2.45, 2.75) is 13.2 Å². The predicted molar refractivity (Wildman–Crippen MR) is 163 cm³/mol. The van der Waals surface area contributed by atoms with E-state index < -0.39 is 11.9 Å². The van der Waals surface area contributed by atoms with Crippen molar-refractivity contribution >= 4 is 23.6 Å². The lowest BCUT2D eigenvalue weighted by molar-refractivity contribution is 0.0464. The third-order valence-corrected chi connectivity index (χ3v) is 6.65. The Labute approximate surface area is 247 Å². The van der Waals surface area contributed by atoms with Crippen molar-refractivity contribution in [1.29, 1.82) is 10.8 Å². The molecule has 0 unspecified atom stereocenters. The molecule has 0 radical (unpaired) electrons. The smallest absolute Gasteiger partial charge is 0.338 e. The van der Waals surface area contributed by atoms with Gasteiger partial charge in [-0.05, 0) is 59.7 Å². The molecule has 4 aromatic carbocycles. The van der Waals surface area contributed by atoms with Gasteiger partial charge in [0.2, 0.25) is 0 Å². The largest absolute Gasteiger partial charge is 0.457 e. The summed E-state index contributed by atoms with van der Waals surface area (Å²) in [6.07, 6.45) is 0. The molecule has 214 valence electrons. The summed E-state index contributed by atoms with van der Waals surface area (Å²) in [5.41, 5.74) is 15.5. The Kier molecular flexibility index (Phi) is 8.43. The average Bonchev–Trinajstić information content (AvgIpc) is 3.53. The van der Waals surface area contributed by atoms with Crippen LogP contribution in [0.2, 0.25) is 0 Å². The van der Waals surface area contributed by atoms with Gasteiger partial charge in [-0.25, -0.2) is 9.59 Å². The molecule has 6 N–H and O–H groups in total. The summed E-state index contributed by atoms with van der Waals surface area (Å²) < 4.78 is 16.9. The minimum atomic E-state index is -0.550. The van der Waals surface area contributed by atoms with E-state index in [0.29, 0.717) is 33.8 Å². The van der Waals surface area contributed by atoms with Crippen LogP contribution in [0.15, 0.2) is 114 Å². The van der Waals surface area contributed by atoms with Crippen LogP contribution < -0.4 is 11.5 Å². The fourth-order valence-electron chi connectivity index (χ4n) is 4.46. The molecule has 0 aliphatic heterocycles. The number of nitrogen functional groups attached to an aromatic ring is 2. The zero-order valence-corrected chi connectivity index (χ0v) is 23.0. The van der Waals surface area contributed by atoms with E-state index in [2.05, 4.69) is 0 Å². The number of amidine groups is 2. The number of carbonyl (C=O) groups is 2.